The highest BCUT2D eigenvalue weighted by molar-refractivity contribution is 7.71. The van der Waals surface area contributed by atoms with Crippen LogP contribution in [-0.4, -0.2) is 27.4 Å². The second-order valence-corrected chi connectivity index (χ2v) is 4.90. The molecule has 0 unspecified atom stereocenters. The fourth-order valence-electron chi connectivity index (χ4n) is 2.24. The number of benzene rings is 1. The molecule has 1 aliphatic rings. The van der Waals surface area contributed by atoms with Gasteiger partial charge in [0.15, 0.2) is 0 Å². The van der Waals surface area contributed by atoms with E-state index in [9.17, 15) is 0 Å². The molecule has 4 nitrogen and oxygen atoms in total. The molecule has 0 bridgehead atoms. The van der Waals surface area contributed by atoms with Crippen LogP contribution < -0.4 is 4.90 Å². The van der Waals surface area contributed by atoms with Crippen LogP contribution in [0.5, 0.6) is 0 Å². The van der Waals surface area contributed by atoms with Gasteiger partial charge in [-0.05, 0) is 44.1 Å². The number of aromatic nitrogens is 3. The van der Waals surface area contributed by atoms with Crippen LogP contribution in [0.15, 0.2) is 30.3 Å². The average Bonchev–Trinajstić information content (AvgIpc) is 3.16. The number of H-pyrrole nitrogens is 1. The summed E-state index contributed by atoms with van der Waals surface area (Å²) in [5.74, 6) is 0.927. The van der Waals surface area contributed by atoms with Crippen molar-refractivity contribution in [1.82, 2.24) is 14.8 Å². The smallest absolute Gasteiger partial charge is 0.230 e. The van der Waals surface area contributed by atoms with E-state index in [-0.39, 0.29) is 0 Å². The van der Waals surface area contributed by atoms with Gasteiger partial charge >= 0.3 is 0 Å². The first-order valence-electron chi connectivity index (χ1n) is 6.30. The first kappa shape index (κ1) is 11.5. The lowest BCUT2D eigenvalue weighted by atomic mass is 10.3. The summed E-state index contributed by atoms with van der Waals surface area (Å²) < 4.78 is 2.66. The van der Waals surface area contributed by atoms with Gasteiger partial charge in [-0.25, -0.2) is 5.10 Å². The predicted octanol–water partition coefficient (Wildman–Crippen LogP) is 2.92. The number of nitrogens with zero attached hydrogens (tertiary/aromatic N) is 3. The van der Waals surface area contributed by atoms with Crippen LogP contribution in [0, 0.1) is 4.77 Å². The van der Waals surface area contributed by atoms with Crippen LogP contribution in [0.1, 0.15) is 19.8 Å². The van der Waals surface area contributed by atoms with Gasteiger partial charge in [0.25, 0.3) is 0 Å². The molecule has 0 atom stereocenters. The van der Waals surface area contributed by atoms with Gasteiger partial charge in [-0.1, -0.05) is 18.2 Å². The normalized spacial score (nSPS) is 14.7. The quantitative estimate of drug-likeness (QED) is 0.859. The van der Waals surface area contributed by atoms with Crippen LogP contribution in [0.2, 0.25) is 0 Å². The second-order valence-electron chi connectivity index (χ2n) is 4.52. The Morgan fingerprint density at radius 1 is 1.39 bits per heavy atom. The molecule has 0 aliphatic heterocycles. The van der Waals surface area contributed by atoms with E-state index in [1.165, 1.54) is 12.8 Å². The van der Waals surface area contributed by atoms with Gasteiger partial charge in [0, 0.05) is 12.6 Å². The number of hydrogen-bond acceptors (Lipinski definition) is 3. The molecule has 1 aromatic carbocycles. The molecule has 2 aromatic rings. The lowest BCUT2D eigenvalue weighted by Crippen LogP contribution is -2.28. The van der Waals surface area contributed by atoms with E-state index in [2.05, 4.69) is 34.2 Å². The lowest BCUT2D eigenvalue weighted by molar-refractivity contribution is 0.771. The van der Waals surface area contributed by atoms with E-state index >= 15 is 0 Å². The van der Waals surface area contributed by atoms with Gasteiger partial charge in [0.2, 0.25) is 10.7 Å². The molecule has 0 saturated heterocycles. The summed E-state index contributed by atoms with van der Waals surface area (Å²) in [5, 5.41) is 7.30. The molecular formula is C13H16N4S. The Bertz CT molecular complexity index is 583. The minimum absolute atomic E-state index is 0.627. The van der Waals surface area contributed by atoms with Gasteiger partial charge in [-0.15, -0.1) is 5.10 Å². The Balaban J connectivity index is 2.09. The Hall–Kier alpha value is -1.62. The summed E-state index contributed by atoms with van der Waals surface area (Å²) in [6.07, 6.45) is 2.50. The maximum absolute atomic E-state index is 5.35. The van der Waals surface area contributed by atoms with E-state index in [1.54, 1.807) is 0 Å². The zero-order valence-electron chi connectivity index (χ0n) is 10.3. The highest BCUT2D eigenvalue weighted by atomic mass is 32.1. The molecule has 1 heterocycles. The summed E-state index contributed by atoms with van der Waals surface area (Å²) in [6, 6.07) is 10.8. The third-order valence-corrected chi connectivity index (χ3v) is 3.53. The monoisotopic (exact) mass is 260 g/mol. The predicted molar refractivity (Wildman–Crippen MR) is 74.8 cm³/mol. The van der Waals surface area contributed by atoms with Crippen LogP contribution >= 0.6 is 12.2 Å². The minimum atomic E-state index is 0.627. The molecule has 1 N–H and O–H groups in total. The second kappa shape index (κ2) is 4.57. The number of hydrogen-bond donors (Lipinski definition) is 1. The zero-order chi connectivity index (χ0) is 12.5. The van der Waals surface area contributed by atoms with Crippen molar-refractivity contribution < 1.29 is 0 Å². The molecule has 0 radical (unpaired) electrons. The first-order chi connectivity index (χ1) is 8.81. The van der Waals surface area contributed by atoms with Crippen molar-refractivity contribution in [1.29, 1.82) is 0 Å². The average molecular weight is 260 g/mol. The van der Waals surface area contributed by atoms with Gasteiger partial charge in [0.05, 0.1) is 5.69 Å². The highest BCUT2D eigenvalue weighted by Gasteiger charge is 2.31. The highest BCUT2D eigenvalue weighted by Crippen LogP contribution is 2.31. The summed E-state index contributed by atoms with van der Waals surface area (Å²) >= 11 is 5.35. The van der Waals surface area contributed by atoms with Crippen LogP contribution in [-0.2, 0) is 0 Å². The van der Waals surface area contributed by atoms with Crippen molar-refractivity contribution in [3.8, 4) is 5.69 Å². The summed E-state index contributed by atoms with van der Waals surface area (Å²) in [5.41, 5.74) is 1.06. The molecule has 1 aliphatic carbocycles. The van der Waals surface area contributed by atoms with Crippen molar-refractivity contribution in [2.75, 3.05) is 11.4 Å². The maximum Gasteiger partial charge on any atom is 0.230 e. The van der Waals surface area contributed by atoms with Crippen molar-refractivity contribution in [3.63, 3.8) is 0 Å². The number of nitrogens with one attached hydrogen (secondary N) is 1. The van der Waals surface area contributed by atoms with Crippen molar-refractivity contribution >= 4 is 18.2 Å². The molecular weight excluding hydrogens is 244 g/mol. The number of para-hydroxylation sites is 1. The largest absolute Gasteiger partial charge is 0.338 e. The zero-order valence-corrected chi connectivity index (χ0v) is 11.2. The van der Waals surface area contributed by atoms with Gasteiger partial charge in [-0.3, -0.25) is 4.57 Å². The Kier molecular flexibility index (Phi) is 2.91. The molecule has 1 saturated carbocycles. The van der Waals surface area contributed by atoms with Crippen LogP contribution in [0.4, 0.5) is 5.95 Å². The minimum Gasteiger partial charge on any atom is -0.338 e. The standard InChI is InChI=1S/C13H16N4S/c1-2-16(10-8-9-10)12-14-15-13(18)17(12)11-6-4-3-5-7-11/h3-7,10H,2,8-9H2,1H3,(H,15,18). The van der Waals surface area contributed by atoms with Crippen molar-refractivity contribution in [2.45, 2.75) is 25.8 Å². The molecule has 1 fully saturated rings. The Labute approximate surface area is 111 Å². The van der Waals surface area contributed by atoms with E-state index in [4.69, 9.17) is 12.2 Å². The first-order valence-corrected chi connectivity index (χ1v) is 6.71. The van der Waals surface area contributed by atoms with Gasteiger partial charge < -0.3 is 4.90 Å². The molecule has 0 amide bonds. The van der Waals surface area contributed by atoms with E-state index in [0.29, 0.717) is 10.8 Å². The Morgan fingerprint density at radius 2 is 2.11 bits per heavy atom. The summed E-state index contributed by atoms with van der Waals surface area (Å²) in [4.78, 5) is 2.32. The number of anilines is 1. The third-order valence-electron chi connectivity index (χ3n) is 3.25. The summed E-state index contributed by atoms with van der Waals surface area (Å²) in [6.45, 7) is 3.11. The molecule has 0 spiro atoms. The maximum atomic E-state index is 5.35. The van der Waals surface area contributed by atoms with Gasteiger partial charge in [0.1, 0.15) is 0 Å². The van der Waals surface area contributed by atoms with Crippen molar-refractivity contribution in [3.05, 3.63) is 35.1 Å². The fraction of sp³-hybridized carbons (Fsp3) is 0.385. The summed E-state index contributed by atoms with van der Waals surface area (Å²) in [7, 11) is 0. The molecule has 94 valence electrons. The lowest BCUT2D eigenvalue weighted by Gasteiger charge is -2.21. The number of aromatic amines is 1. The SMILES string of the molecule is CCN(c1n[nH]c(=S)n1-c1ccccc1)C1CC1. The van der Waals surface area contributed by atoms with Crippen LogP contribution in [0.25, 0.3) is 5.69 Å². The van der Waals surface area contributed by atoms with E-state index in [1.807, 2.05) is 22.8 Å². The molecule has 3 rings (SSSR count). The van der Waals surface area contributed by atoms with Gasteiger partial charge in [-0.2, -0.15) is 0 Å². The third kappa shape index (κ3) is 1.95. The van der Waals surface area contributed by atoms with Crippen molar-refractivity contribution in [2.24, 2.45) is 0 Å². The Morgan fingerprint density at radius 3 is 2.72 bits per heavy atom. The van der Waals surface area contributed by atoms with E-state index in [0.717, 1.165) is 18.2 Å². The van der Waals surface area contributed by atoms with E-state index < -0.39 is 0 Å². The fourth-order valence-corrected chi connectivity index (χ4v) is 2.47. The van der Waals surface area contributed by atoms with Crippen LogP contribution in [0.3, 0.4) is 0 Å². The molecule has 18 heavy (non-hydrogen) atoms. The topological polar surface area (TPSA) is 36.9 Å². The molecule has 5 heteroatoms. The molecule has 1 aromatic heterocycles. The number of rotatable bonds is 4.